The first-order valence-electron chi connectivity index (χ1n) is 5.99. The summed E-state index contributed by atoms with van der Waals surface area (Å²) < 4.78 is 11.4. The largest absolute Gasteiger partial charge is 0.394 e. The molecule has 2 bridgehead atoms. The quantitative estimate of drug-likeness (QED) is 0.677. The van der Waals surface area contributed by atoms with Gasteiger partial charge in [0.1, 0.15) is 0 Å². The van der Waals surface area contributed by atoms with Gasteiger partial charge < -0.3 is 14.6 Å². The van der Waals surface area contributed by atoms with E-state index in [1.165, 1.54) is 12.2 Å². The van der Waals surface area contributed by atoms with E-state index < -0.39 is 11.9 Å². The summed E-state index contributed by atoms with van der Waals surface area (Å²) in [6, 6.07) is 0. The Bertz CT molecular complexity index is 490. The molecule has 0 aromatic carbocycles. The molecule has 3 unspecified atom stereocenters. The molecule has 96 valence electrons. The van der Waals surface area contributed by atoms with Crippen LogP contribution in [0.5, 0.6) is 0 Å². The Hall–Kier alpha value is -1.30. The van der Waals surface area contributed by atoms with Crippen molar-refractivity contribution < 1.29 is 24.2 Å². The second kappa shape index (κ2) is 3.85. The van der Waals surface area contributed by atoms with Crippen LogP contribution in [-0.4, -0.2) is 41.3 Å². The maximum absolute atomic E-state index is 11.9. The van der Waals surface area contributed by atoms with E-state index in [9.17, 15) is 14.7 Å². The summed E-state index contributed by atoms with van der Waals surface area (Å²) in [6.07, 6.45) is 2.44. The molecule has 3 aliphatic rings. The SMILES string of the molecule is CC12CC3=C(C(=O)C=CC3=O)C(CC(CO)O1)O2. The Balaban J connectivity index is 2.04. The highest BCUT2D eigenvalue weighted by Gasteiger charge is 2.48. The highest BCUT2D eigenvalue weighted by atomic mass is 16.7. The third-order valence-electron chi connectivity index (χ3n) is 3.58. The zero-order chi connectivity index (χ0) is 12.9. The Morgan fingerprint density at radius 2 is 2.06 bits per heavy atom. The van der Waals surface area contributed by atoms with Crippen molar-refractivity contribution in [2.75, 3.05) is 6.61 Å². The Morgan fingerprint density at radius 1 is 1.33 bits per heavy atom. The summed E-state index contributed by atoms with van der Waals surface area (Å²) in [4.78, 5) is 23.7. The van der Waals surface area contributed by atoms with E-state index in [1.54, 1.807) is 6.92 Å². The average Bonchev–Trinajstić information content (AvgIpc) is 2.32. The minimum atomic E-state index is -0.920. The summed E-state index contributed by atoms with van der Waals surface area (Å²) in [5, 5.41) is 9.21. The van der Waals surface area contributed by atoms with Crippen molar-refractivity contribution in [2.24, 2.45) is 0 Å². The fourth-order valence-electron chi connectivity index (χ4n) is 2.87. The number of aliphatic hydroxyl groups excluding tert-OH is 1. The number of ether oxygens (including phenoxy) is 2. The number of rotatable bonds is 1. The molecule has 1 saturated heterocycles. The lowest BCUT2D eigenvalue weighted by atomic mass is 9.81. The number of ketones is 2. The van der Waals surface area contributed by atoms with Crippen LogP contribution in [-0.2, 0) is 19.1 Å². The predicted molar refractivity (Wildman–Crippen MR) is 60.7 cm³/mol. The van der Waals surface area contributed by atoms with Crippen LogP contribution in [0.25, 0.3) is 0 Å². The molecule has 1 aliphatic carbocycles. The van der Waals surface area contributed by atoms with Gasteiger partial charge in [-0.3, -0.25) is 9.59 Å². The Kier molecular flexibility index (Phi) is 2.52. The lowest BCUT2D eigenvalue weighted by molar-refractivity contribution is -0.310. The van der Waals surface area contributed by atoms with Crippen LogP contribution in [0, 0.1) is 0 Å². The Morgan fingerprint density at radius 3 is 2.78 bits per heavy atom. The van der Waals surface area contributed by atoms with E-state index >= 15 is 0 Å². The third kappa shape index (κ3) is 1.67. The molecule has 0 aromatic heterocycles. The van der Waals surface area contributed by atoms with E-state index in [1.807, 2.05) is 0 Å². The van der Waals surface area contributed by atoms with Gasteiger partial charge >= 0.3 is 0 Å². The summed E-state index contributed by atoms with van der Waals surface area (Å²) >= 11 is 0. The highest BCUT2D eigenvalue weighted by Crippen LogP contribution is 2.42. The monoisotopic (exact) mass is 250 g/mol. The van der Waals surface area contributed by atoms with E-state index in [4.69, 9.17) is 9.47 Å². The lowest BCUT2D eigenvalue weighted by Crippen LogP contribution is -2.53. The maximum atomic E-state index is 11.9. The average molecular weight is 250 g/mol. The third-order valence-corrected chi connectivity index (χ3v) is 3.58. The number of allylic oxidation sites excluding steroid dienone is 2. The van der Waals surface area contributed by atoms with Crippen LogP contribution in [0.4, 0.5) is 0 Å². The van der Waals surface area contributed by atoms with Gasteiger partial charge in [-0.05, 0) is 19.1 Å². The van der Waals surface area contributed by atoms with Crippen LogP contribution >= 0.6 is 0 Å². The molecule has 0 aromatic rings. The van der Waals surface area contributed by atoms with Gasteiger partial charge in [0, 0.05) is 24.0 Å². The Labute approximate surface area is 104 Å². The topological polar surface area (TPSA) is 72.8 Å². The summed E-state index contributed by atoms with van der Waals surface area (Å²) in [7, 11) is 0. The molecule has 0 saturated carbocycles. The number of hydrogen-bond acceptors (Lipinski definition) is 5. The summed E-state index contributed by atoms with van der Waals surface area (Å²) in [5.41, 5.74) is 0.944. The maximum Gasteiger partial charge on any atom is 0.184 e. The van der Waals surface area contributed by atoms with Crippen molar-refractivity contribution in [3.05, 3.63) is 23.3 Å². The van der Waals surface area contributed by atoms with E-state index in [0.717, 1.165) is 0 Å². The van der Waals surface area contributed by atoms with Gasteiger partial charge in [0.2, 0.25) is 0 Å². The molecule has 1 N–H and O–H groups in total. The zero-order valence-electron chi connectivity index (χ0n) is 10.0. The first-order chi connectivity index (χ1) is 8.52. The fourth-order valence-corrected chi connectivity index (χ4v) is 2.87. The van der Waals surface area contributed by atoms with Gasteiger partial charge in [0.05, 0.1) is 18.8 Å². The summed E-state index contributed by atoms with van der Waals surface area (Å²) in [5.74, 6) is -1.23. The van der Waals surface area contributed by atoms with E-state index in [0.29, 0.717) is 17.6 Å². The molecule has 2 heterocycles. The molecule has 5 heteroatoms. The minimum absolute atomic E-state index is 0.115. The van der Waals surface area contributed by atoms with Gasteiger partial charge in [-0.2, -0.15) is 0 Å². The van der Waals surface area contributed by atoms with Crippen LogP contribution in [0.1, 0.15) is 19.8 Å². The number of carbonyl (C=O) groups excluding carboxylic acids is 2. The molecule has 18 heavy (non-hydrogen) atoms. The van der Waals surface area contributed by atoms with Crippen LogP contribution in [0.3, 0.4) is 0 Å². The molecule has 0 spiro atoms. The van der Waals surface area contributed by atoms with Crippen molar-refractivity contribution in [1.29, 1.82) is 0 Å². The first kappa shape index (κ1) is 11.8. The van der Waals surface area contributed by atoms with Crippen LogP contribution in [0.15, 0.2) is 23.3 Å². The molecule has 1 fully saturated rings. The number of aliphatic hydroxyl groups is 1. The molecule has 0 radical (unpaired) electrons. The molecule has 5 nitrogen and oxygen atoms in total. The standard InChI is InChI=1S/C13H14O5/c1-13-5-8-9(15)2-3-10(16)12(8)11(18-13)4-7(6-14)17-13/h2-3,7,11,14H,4-6H2,1H3. The molecule has 3 rings (SSSR count). The van der Waals surface area contributed by atoms with Crippen molar-refractivity contribution >= 4 is 11.6 Å². The van der Waals surface area contributed by atoms with Crippen molar-refractivity contribution in [3.63, 3.8) is 0 Å². The lowest BCUT2D eigenvalue weighted by Gasteiger charge is -2.47. The van der Waals surface area contributed by atoms with Crippen molar-refractivity contribution in [3.8, 4) is 0 Å². The second-order valence-corrected chi connectivity index (χ2v) is 5.03. The predicted octanol–water partition coefficient (Wildman–Crippen LogP) is 0.277. The number of fused-ring (bicyclic) bond motifs is 3. The molecule has 3 atom stereocenters. The molecule has 2 aliphatic heterocycles. The minimum Gasteiger partial charge on any atom is -0.394 e. The van der Waals surface area contributed by atoms with Crippen molar-refractivity contribution in [2.45, 2.75) is 37.8 Å². The fraction of sp³-hybridized carbons (Fsp3) is 0.538. The highest BCUT2D eigenvalue weighted by molar-refractivity contribution is 6.20. The molecular weight excluding hydrogens is 236 g/mol. The van der Waals surface area contributed by atoms with Gasteiger partial charge in [0.15, 0.2) is 17.4 Å². The smallest absolute Gasteiger partial charge is 0.184 e. The van der Waals surface area contributed by atoms with E-state index in [-0.39, 0.29) is 30.7 Å². The first-order valence-corrected chi connectivity index (χ1v) is 5.99. The van der Waals surface area contributed by atoms with Crippen molar-refractivity contribution in [1.82, 2.24) is 0 Å². The van der Waals surface area contributed by atoms with Gasteiger partial charge in [-0.15, -0.1) is 0 Å². The number of hydrogen-bond donors (Lipinski definition) is 1. The zero-order valence-corrected chi connectivity index (χ0v) is 10.0. The summed E-state index contributed by atoms with van der Waals surface area (Å²) in [6.45, 7) is 1.62. The van der Waals surface area contributed by atoms with Gasteiger partial charge in [0.25, 0.3) is 0 Å². The number of carbonyl (C=O) groups is 2. The van der Waals surface area contributed by atoms with Crippen LogP contribution < -0.4 is 0 Å². The molecular formula is C13H14O5. The van der Waals surface area contributed by atoms with Gasteiger partial charge in [-0.1, -0.05) is 0 Å². The molecule has 0 amide bonds. The van der Waals surface area contributed by atoms with Crippen LogP contribution in [0.2, 0.25) is 0 Å². The normalized spacial score (nSPS) is 39.0. The van der Waals surface area contributed by atoms with Gasteiger partial charge in [-0.25, -0.2) is 0 Å². The second-order valence-electron chi connectivity index (χ2n) is 5.03. The van der Waals surface area contributed by atoms with E-state index in [2.05, 4.69) is 0 Å².